The highest BCUT2D eigenvalue weighted by Gasteiger charge is 2.27. The number of aromatic amines is 1. The first-order valence-corrected chi connectivity index (χ1v) is 10.2. The Balaban J connectivity index is 1.55. The fourth-order valence-electron chi connectivity index (χ4n) is 4.29. The van der Waals surface area contributed by atoms with Crippen molar-refractivity contribution in [3.8, 4) is 11.4 Å². The van der Waals surface area contributed by atoms with Gasteiger partial charge in [-0.15, -0.1) is 0 Å². The fourth-order valence-corrected chi connectivity index (χ4v) is 4.29. The van der Waals surface area contributed by atoms with Crippen LogP contribution in [0.15, 0.2) is 30.9 Å². The molecule has 0 saturated carbocycles. The van der Waals surface area contributed by atoms with Crippen molar-refractivity contribution < 1.29 is 13.6 Å². The summed E-state index contributed by atoms with van der Waals surface area (Å²) in [6, 6.07) is 1.17. The zero-order valence-electron chi connectivity index (χ0n) is 16.9. The lowest BCUT2D eigenvalue weighted by molar-refractivity contribution is 0.144. The van der Waals surface area contributed by atoms with Gasteiger partial charge in [0.1, 0.15) is 17.1 Å². The number of H-pyrrole nitrogens is 1. The third kappa shape index (κ3) is 3.37. The van der Waals surface area contributed by atoms with E-state index in [1.807, 2.05) is 0 Å². The molecule has 5 rings (SSSR count). The van der Waals surface area contributed by atoms with Gasteiger partial charge in [-0.05, 0) is 25.3 Å². The quantitative estimate of drug-likeness (QED) is 0.526. The van der Waals surface area contributed by atoms with Gasteiger partial charge in [-0.25, -0.2) is 28.5 Å². The first-order chi connectivity index (χ1) is 15.0. The lowest BCUT2D eigenvalue weighted by atomic mass is 10.0. The van der Waals surface area contributed by atoms with Gasteiger partial charge in [0.15, 0.2) is 11.6 Å². The van der Waals surface area contributed by atoms with Gasteiger partial charge in [0.2, 0.25) is 0 Å². The number of likely N-dealkylation sites (tertiary alicyclic amines) is 1. The number of nitrogens with one attached hydrogen (secondary N) is 2. The Bertz CT molecular complexity index is 1280. The molecule has 0 aliphatic carbocycles. The van der Waals surface area contributed by atoms with E-state index in [1.165, 1.54) is 18.5 Å². The lowest BCUT2D eigenvalue weighted by Gasteiger charge is -2.35. The molecule has 1 fully saturated rings. The summed E-state index contributed by atoms with van der Waals surface area (Å²) in [6.45, 7) is 1.09. The molecule has 10 heteroatoms. The van der Waals surface area contributed by atoms with Crippen LogP contribution in [0, 0.1) is 11.6 Å². The number of carbonyl (C=O) groups excluding carboxylic acids is 1. The third-order valence-electron chi connectivity index (χ3n) is 5.82. The molecule has 1 unspecified atom stereocenters. The highest BCUT2D eigenvalue weighted by atomic mass is 19.1. The maximum Gasteiger partial charge on any atom is 0.317 e. The number of nitrogens with zero attached hydrogens (tertiary/aromatic N) is 5. The number of pyridine rings is 1. The largest absolute Gasteiger partial charge is 0.345 e. The number of hydrogen-bond donors (Lipinski definition) is 2. The highest BCUT2D eigenvalue weighted by molar-refractivity contribution is 5.92. The first-order valence-electron chi connectivity index (χ1n) is 10.2. The van der Waals surface area contributed by atoms with E-state index in [2.05, 4.69) is 25.3 Å². The smallest absolute Gasteiger partial charge is 0.317 e. The van der Waals surface area contributed by atoms with Crippen molar-refractivity contribution in [1.82, 2.24) is 34.7 Å². The number of fused-ring (bicyclic) bond motifs is 2. The minimum Gasteiger partial charge on any atom is -0.345 e. The average Bonchev–Trinajstić information content (AvgIpc) is 3.34. The van der Waals surface area contributed by atoms with Crippen LogP contribution in [0.25, 0.3) is 33.5 Å². The fraction of sp³-hybridized carbons (Fsp3) is 0.333. The second-order valence-corrected chi connectivity index (χ2v) is 7.71. The van der Waals surface area contributed by atoms with E-state index in [1.54, 1.807) is 22.7 Å². The summed E-state index contributed by atoms with van der Waals surface area (Å²) in [5.41, 5.74) is 1.54. The van der Waals surface area contributed by atoms with Crippen LogP contribution in [0.4, 0.5) is 13.6 Å². The normalized spacial score (nSPS) is 16.9. The Labute approximate surface area is 176 Å². The molecule has 0 radical (unpaired) electrons. The summed E-state index contributed by atoms with van der Waals surface area (Å²) in [6.07, 6.45) is 8.42. The minimum absolute atomic E-state index is 0.0616. The van der Waals surface area contributed by atoms with Crippen LogP contribution in [0.3, 0.4) is 0 Å². The molecule has 0 spiro atoms. The SMILES string of the molecule is CNC(=O)N1CCCCC1Cn1cc(F)c2cnc(-c3c[nH]c4ncc(F)cc34)nc21. The van der Waals surface area contributed by atoms with E-state index in [0.717, 1.165) is 25.5 Å². The van der Waals surface area contributed by atoms with Crippen LogP contribution < -0.4 is 5.32 Å². The molecule has 2 amide bonds. The second-order valence-electron chi connectivity index (χ2n) is 7.71. The van der Waals surface area contributed by atoms with E-state index < -0.39 is 11.6 Å². The molecule has 0 aromatic carbocycles. The maximum absolute atomic E-state index is 14.6. The standard InChI is InChI=1S/C21H21F2N7O/c1-24-21(31)30-5-3-2-4-13(30)10-29-11-17(23)16-9-27-19(28-20(16)29)15-8-26-18-14(15)6-12(22)7-25-18/h6-9,11,13H,2-5,10H2,1H3,(H,24,31)(H,25,26). The molecule has 1 atom stereocenters. The van der Waals surface area contributed by atoms with Crippen LogP contribution >= 0.6 is 0 Å². The third-order valence-corrected chi connectivity index (χ3v) is 5.82. The van der Waals surface area contributed by atoms with Gasteiger partial charge in [-0.1, -0.05) is 0 Å². The van der Waals surface area contributed by atoms with Crippen molar-refractivity contribution in [2.45, 2.75) is 31.8 Å². The molecule has 1 aliphatic rings. The Morgan fingerprint density at radius 1 is 1.26 bits per heavy atom. The summed E-state index contributed by atoms with van der Waals surface area (Å²) in [5, 5.41) is 3.53. The van der Waals surface area contributed by atoms with Gasteiger partial charge in [0.05, 0.1) is 17.6 Å². The predicted molar refractivity (Wildman–Crippen MR) is 111 cm³/mol. The van der Waals surface area contributed by atoms with E-state index in [4.69, 9.17) is 0 Å². The van der Waals surface area contributed by atoms with E-state index >= 15 is 0 Å². The van der Waals surface area contributed by atoms with Crippen LogP contribution in [0.5, 0.6) is 0 Å². The molecule has 1 aliphatic heterocycles. The Hall–Kier alpha value is -3.56. The summed E-state index contributed by atoms with van der Waals surface area (Å²) in [4.78, 5) is 30.0. The molecule has 5 heterocycles. The van der Waals surface area contributed by atoms with Crippen molar-refractivity contribution in [2.24, 2.45) is 0 Å². The molecular weight excluding hydrogens is 404 g/mol. The number of halogens is 2. The van der Waals surface area contributed by atoms with Crippen LogP contribution in [-0.2, 0) is 6.54 Å². The van der Waals surface area contributed by atoms with E-state index in [0.29, 0.717) is 46.5 Å². The molecule has 160 valence electrons. The van der Waals surface area contributed by atoms with E-state index in [-0.39, 0.29) is 12.1 Å². The zero-order chi connectivity index (χ0) is 21.5. The molecule has 8 nitrogen and oxygen atoms in total. The van der Waals surface area contributed by atoms with E-state index in [9.17, 15) is 13.6 Å². The zero-order valence-corrected chi connectivity index (χ0v) is 16.9. The molecule has 31 heavy (non-hydrogen) atoms. The Kier molecular flexibility index (Phi) is 4.76. The minimum atomic E-state index is -0.463. The second kappa shape index (κ2) is 7.60. The number of rotatable bonds is 3. The number of piperidine rings is 1. The summed E-state index contributed by atoms with van der Waals surface area (Å²) < 4.78 is 30.0. The van der Waals surface area contributed by atoms with Crippen molar-refractivity contribution in [1.29, 1.82) is 0 Å². The number of hydrogen-bond acceptors (Lipinski definition) is 4. The average molecular weight is 425 g/mol. The Morgan fingerprint density at radius 3 is 2.97 bits per heavy atom. The number of urea groups is 1. The van der Waals surface area contributed by atoms with Gasteiger partial charge < -0.3 is 19.8 Å². The Morgan fingerprint density at radius 2 is 2.13 bits per heavy atom. The van der Waals surface area contributed by atoms with Crippen molar-refractivity contribution >= 4 is 28.1 Å². The highest BCUT2D eigenvalue weighted by Crippen LogP contribution is 2.28. The first kappa shape index (κ1) is 19.4. The van der Waals surface area contributed by atoms with Gasteiger partial charge in [0.25, 0.3) is 0 Å². The predicted octanol–water partition coefficient (Wildman–Crippen LogP) is 3.45. The summed E-state index contributed by atoms with van der Waals surface area (Å²) in [7, 11) is 1.61. The molecule has 0 bridgehead atoms. The maximum atomic E-state index is 14.6. The van der Waals surface area contributed by atoms with Crippen LogP contribution in [0.2, 0.25) is 0 Å². The monoisotopic (exact) mass is 425 g/mol. The van der Waals surface area contributed by atoms with Crippen molar-refractivity contribution in [3.63, 3.8) is 0 Å². The van der Waals surface area contributed by atoms with Gasteiger partial charge >= 0.3 is 6.03 Å². The van der Waals surface area contributed by atoms with Gasteiger partial charge in [-0.3, -0.25) is 0 Å². The number of aromatic nitrogens is 5. The molecule has 2 N–H and O–H groups in total. The lowest BCUT2D eigenvalue weighted by Crippen LogP contribution is -2.49. The van der Waals surface area contributed by atoms with Crippen LogP contribution in [0.1, 0.15) is 19.3 Å². The summed E-state index contributed by atoms with van der Waals surface area (Å²) in [5.74, 6) is -0.539. The topological polar surface area (TPSA) is 91.7 Å². The van der Waals surface area contributed by atoms with Crippen LogP contribution in [-0.4, -0.2) is 55.1 Å². The van der Waals surface area contributed by atoms with Gasteiger partial charge in [0, 0.05) is 49.7 Å². The number of amides is 2. The molecule has 1 saturated heterocycles. The summed E-state index contributed by atoms with van der Waals surface area (Å²) >= 11 is 0. The molecular formula is C21H21F2N7O. The molecule has 4 aromatic rings. The van der Waals surface area contributed by atoms with Crippen molar-refractivity contribution in [2.75, 3.05) is 13.6 Å². The van der Waals surface area contributed by atoms with Crippen molar-refractivity contribution in [3.05, 3.63) is 42.5 Å². The molecule has 4 aromatic heterocycles. The number of carbonyl (C=O) groups is 1. The van der Waals surface area contributed by atoms with Gasteiger partial charge in [-0.2, -0.15) is 0 Å².